The summed E-state index contributed by atoms with van der Waals surface area (Å²) in [7, 11) is 2.21. The third-order valence-corrected chi connectivity index (χ3v) is 4.55. The topological polar surface area (TPSA) is 32.5 Å². The van der Waals surface area contributed by atoms with Gasteiger partial charge in [-0.3, -0.25) is 4.90 Å². The van der Waals surface area contributed by atoms with Crippen LogP contribution in [0.15, 0.2) is 28.7 Å². The van der Waals surface area contributed by atoms with Crippen molar-refractivity contribution in [2.45, 2.75) is 25.4 Å². The summed E-state index contributed by atoms with van der Waals surface area (Å²) in [6, 6.07) is 9.55. The Labute approximate surface area is 118 Å². The van der Waals surface area contributed by atoms with E-state index in [9.17, 15) is 0 Å². The Balaban J connectivity index is 2.17. The van der Waals surface area contributed by atoms with Crippen LogP contribution in [-0.4, -0.2) is 43.7 Å². The first-order chi connectivity index (χ1) is 8.63. The van der Waals surface area contributed by atoms with Gasteiger partial charge in [0.2, 0.25) is 0 Å². The molecule has 1 aromatic rings. The second kappa shape index (κ2) is 6.04. The maximum Gasteiger partial charge on any atom is 0.0511 e. The molecular weight excluding hydrogens is 290 g/mol. The van der Waals surface area contributed by atoms with Crippen molar-refractivity contribution in [1.82, 2.24) is 4.90 Å². The van der Waals surface area contributed by atoms with E-state index in [-0.39, 0.29) is 0 Å². The maximum atomic E-state index is 5.73. The Hall–Kier alpha value is -0.580. The highest BCUT2D eigenvalue weighted by molar-refractivity contribution is 9.10. The molecule has 1 aliphatic heterocycles. The number of benzene rings is 1. The van der Waals surface area contributed by atoms with E-state index in [1.54, 1.807) is 0 Å². The van der Waals surface area contributed by atoms with Crippen LogP contribution in [0.2, 0.25) is 0 Å². The Bertz CT molecular complexity index is 396. The Kier molecular flexibility index (Phi) is 4.65. The summed E-state index contributed by atoms with van der Waals surface area (Å²) in [5, 5.41) is 0. The van der Waals surface area contributed by atoms with Gasteiger partial charge >= 0.3 is 0 Å². The highest BCUT2D eigenvalue weighted by atomic mass is 79.9. The van der Waals surface area contributed by atoms with Crippen molar-refractivity contribution in [3.63, 3.8) is 0 Å². The molecule has 2 N–H and O–H groups in total. The summed E-state index contributed by atoms with van der Waals surface area (Å²) >= 11 is 3.65. The fourth-order valence-corrected chi connectivity index (χ4v) is 3.19. The average molecular weight is 312 g/mol. The molecule has 2 unspecified atom stereocenters. The van der Waals surface area contributed by atoms with Crippen molar-refractivity contribution in [3.05, 3.63) is 28.7 Å². The third-order valence-electron chi connectivity index (χ3n) is 3.88. The van der Waals surface area contributed by atoms with Crippen LogP contribution in [0, 0.1) is 0 Å². The standard InChI is InChI=1S/C14H22BrN3/c1-11-9-18(10-12(7-8-16)17(11)2)14-6-4-3-5-13(14)15/h3-6,11-12H,7-10,16H2,1-2H3. The lowest BCUT2D eigenvalue weighted by molar-refractivity contribution is 0.152. The molecule has 0 bridgehead atoms. The first kappa shape index (κ1) is 13.8. The molecule has 1 aliphatic rings. The Morgan fingerprint density at radius 3 is 2.72 bits per heavy atom. The number of nitrogens with two attached hydrogens (primary N) is 1. The predicted octanol–water partition coefficient (Wildman–Crippen LogP) is 2.31. The van der Waals surface area contributed by atoms with E-state index < -0.39 is 0 Å². The molecule has 3 nitrogen and oxygen atoms in total. The van der Waals surface area contributed by atoms with Gasteiger partial charge in [0.15, 0.2) is 0 Å². The van der Waals surface area contributed by atoms with Gasteiger partial charge in [-0.2, -0.15) is 0 Å². The molecule has 1 fully saturated rings. The molecule has 1 aromatic carbocycles. The Morgan fingerprint density at radius 1 is 1.33 bits per heavy atom. The van der Waals surface area contributed by atoms with E-state index in [0.717, 1.165) is 26.1 Å². The monoisotopic (exact) mass is 311 g/mol. The molecular formula is C14H22BrN3. The summed E-state index contributed by atoms with van der Waals surface area (Å²) in [5.74, 6) is 0. The molecule has 0 spiro atoms. The molecule has 4 heteroatoms. The van der Waals surface area contributed by atoms with E-state index in [4.69, 9.17) is 5.73 Å². The highest BCUT2D eigenvalue weighted by Gasteiger charge is 2.29. The number of rotatable bonds is 3. The van der Waals surface area contributed by atoms with E-state index in [0.29, 0.717) is 12.1 Å². The molecule has 0 aromatic heterocycles. The minimum atomic E-state index is 0.547. The Morgan fingerprint density at radius 2 is 2.06 bits per heavy atom. The van der Waals surface area contributed by atoms with Gasteiger partial charge in [-0.25, -0.2) is 0 Å². The smallest absolute Gasteiger partial charge is 0.0511 e. The maximum absolute atomic E-state index is 5.73. The van der Waals surface area contributed by atoms with E-state index in [2.05, 4.69) is 64.0 Å². The quantitative estimate of drug-likeness (QED) is 0.929. The first-order valence-electron chi connectivity index (χ1n) is 6.55. The van der Waals surface area contributed by atoms with Gasteiger partial charge < -0.3 is 10.6 Å². The number of hydrogen-bond acceptors (Lipinski definition) is 3. The number of likely N-dealkylation sites (N-methyl/N-ethyl adjacent to an activating group) is 1. The van der Waals surface area contributed by atoms with E-state index in [1.165, 1.54) is 10.2 Å². The van der Waals surface area contributed by atoms with Crippen LogP contribution in [0.5, 0.6) is 0 Å². The molecule has 0 aliphatic carbocycles. The molecule has 0 radical (unpaired) electrons. The van der Waals surface area contributed by atoms with Crippen LogP contribution in [0.25, 0.3) is 0 Å². The van der Waals surface area contributed by atoms with E-state index in [1.807, 2.05) is 0 Å². The first-order valence-corrected chi connectivity index (χ1v) is 7.34. The van der Waals surface area contributed by atoms with Gasteiger partial charge in [0.1, 0.15) is 0 Å². The zero-order valence-corrected chi connectivity index (χ0v) is 12.7. The summed E-state index contributed by atoms with van der Waals surface area (Å²) in [5.41, 5.74) is 7.02. The van der Waals surface area contributed by atoms with E-state index >= 15 is 0 Å². The summed E-state index contributed by atoms with van der Waals surface area (Å²) in [4.78, 5) is 4.93. The fraction of sp³-hybridized carbons (Fsp3) is 0.571. The van der Waals surface area contributed by atoms with Crippen molar-refractivity contribution in [1.29, 1.82) is 0 Å². The lowest BCUT2D eigenvalue weighted by Crippen LogP contribution is -2.56. The second-order valence-electron chi connectivity index (χ2n) is 5.10. The molecule has 2 rings (SSSR count). The number of halogens is 1. The van der Waals surface area contributed by atoms with Gasteiger partial charge in [-0.15, -0.1) is 0 Å². The molecule has 18 heavy (non-hydrogen) atoms. The van der Waals surface area contributed by atoms with Crippen LogP contribution < -0.4 is 10.6 Å². The van der Waals surface area contributed by atoms with Crippen LogP contribution in [0.3, 0.4) is 0 Å². The fourth-order valence-electron chi connectivity index (χ4n) is 2.66. The van der Waals surface area contributed by atoms with Gasteiger partial charge in [0.25, 0.3) is 0 Å². The second-order valence-corrected chi connectivity index (χ2v) is 5.96. The van der Waals surface area contributed by atoms with Crippen molar-refractivity contribution in [2.24, 2.45) is 5.73 Å². The van der Waals surface area contributed by atoms with Crippen LogP contribution in [-0.2, 0) is 0 Å². The lowest BCUT2D eigenvalue weighted by Gasteiger charge is -2.45. The zero-order chi connectivity index (χ0) is 13.1. The average Bonchev–Trinajstić information content (AvgIpc) is 2.35. The van der Waals surface area contributed by atoms with Crippen LogP contribution in [0.1, 0.15) is 13.3 Å². The normalized spacial score (nSPS) is 25.4. The predicted molar refractivity (Wildman–Crippen MR) is 81.0 cm³/mol. The minimum Gasteiger partial charge on any atom is -0.367 e. The number of para-hydroxylation sites is 1. The molecule has 0 amide bonds. The zero-order valence-electron chi connectivity index (χ0n) is 11.1. The molecule has 1 heterocycles. The van der Waals surface area contributed by atoms with Crippen molar-refractivity contribution >= 4 is 21.6 Å². The highest BCUT2D eigenvalue weighted by Crippen LogP contribution is 2.29. The molecule has 1 saturated heterocycles. The number of anilines is 1. The molecule has 100 valence electrons. The molecule has 0 saturated carbocycles. The van der Waals surface area contributed by atoms with Crippen molar-refractivity contribution in [3.8, 4) is 0 Å². The van der Waals surface area contributed by atoms with Gasteiger partial charge in [-0.05, 0) is 55.0 Å². The van der Waals surface area contributed by atoms with Crippen molar-refractivity contribution < 1.29 is 0 Å². The summed E-state index contributed by atoms with van der Waals surface area (Å²) in [6.45, 7) is 5.17. The van der Waals surface area contributed by atoms with Gasteiger partial charge in [-0.1, -0.05) is 12.1 Å². The van der Waals surface area contributed by atoms with Gasteiger partial charge in [0.05, 0.1) is 5.69 Å². The van der Waals surface area contributed by atoms with Crippen molar-refractivity contribution in [2.75, 3.05) is 31.6 Å². The van der Waals surface area contributed by atoms with Gasteiger partial charge in [0, 0.05) is 29.6 Å². The van der Waals surface area contributed by atoms with Crippen LogP contribution >= 0.6 is 15.9 Å². The SMILES string of the molecule is CC1CN(c2ccccc2Br)CC(CCN)N1C. The summed E-state index contributed by atoms with van der Waals surface area (Å²) < 4.78 is 1.17. The van der Waals surface area contributed by atoms with Crippen LogP contribution in [0.4, 0.5) is 5.69 Å². The summed E-state index contributed by atoms with van der Waals surface area (Å²) in [6.07, 6.45) is 1.06. The number of piperazine rings is 1. The number of hydrogen-bond donors (Lipinski definition) is 1. The molecule has 2 atom stereocenters. The third kappa shape index (κ3) is 2.87. The lowest BCUT2D eigenvalue weighted by atomic mass is 10.0. The number of nitrogens with zero attached hydrogens (tertiary/aromatic N) is 2. The minimum absolute atomic E-state index is 0.547. The largest absolute Gasteiger partial charge is 0.367 e.